The van der Waals surface area contributed by atoms with E-state index in [9.17, 15) is 9.59 Å². The van der Waals surface area contributed by atoms with Gasteiger partial charge in [0.2, 0.25) is 5.91 Å². The topological polar surface area (TPSA) is 76.7 Å². The first-order chi connectivity index (χ1) is 14.1. The number of para-hydroxylation sites is 1. The van der Waals surface area contributed by atoms with E-state index in [4.69, 9.17) is 9.47 Å². The molecule has 1 aliphatic carbocycles. The van der Waals surface area contributed by atoms with Crippen LogP contribution in [0.1, 0.15) is 41.6 Å². The predicted molar refractivity (Wildman–Crippen MR) is 113 cm³/mol. The Morgan fingerprint density at radius 2 is 1.72 bits per heavy atom. The normalized spacial score (nSPS) is 13.7. The van der Waals surface area contributed by atoms with Crippen molar-refractivity contribution in [2.75, 3.05) is 26.1 Å². The molecule has 0 aromatic heterocycles. The van der Waals surface area contributed by atoms with E-state index in [0.717, 1.165) is 31.2 Å². The van der Waals surface area contributed by atoms with Crippen LogP contribution >= 0.6 is 0 Å². The first-order valence-electron chi connectivity index (χ1n) is 10.0. The molecule has 3 rings (SSSR count). The van der Waals surface area contributed by atoms with Crippen molar-refractivity contribution in [3.63, 3.8) is 0 Å². The number of carbonyl (C=O) groups is 2. The monoisotopic (exact) mass is 396 g/mol. The highest BCUT2D eigenvalue weighted by Crippen LogP contribution is 2.28. The van der Waals surface area contributed by atoms with Crippen LogP contribution in [0.25, 0.3) is 0 Å². The molecule has 0 heterocycles. The van der Waals surface area contributed by atoms with Crippen LogP contribution in [0.4, 0.5) is 5.69 Å². The van der Waals surface area contributed by atoms with Crippen molar-refractivity contribution in [2.45, 2.75) is 32.1 Å². The third-order valence-corrected chi connectivity index (χ3v) is 5.30. The Kier molecular flexibility index (Phi) is 7.11. The fraction of sp³-hybridized carbons (Fsp3) is 0.391. The van der Waals surface area contributed by atoms with Gasteiger partial charge < -0.3 is 20.1 Å². The summed E-state index contributed by atoms with van der Waals surface area (Å²) in [6.07, 6.45) is 4.69. The maximum atomic E-state index is 12.7. The summed E-state index contributed by atoms with van der Waals surface area (Å²) in [6.45, 7) is 0.471. The summed E-state index contributed by atoms with van der Waals surface area (Å²) in [4.78, 5) is 25.1. The molecule has 2 aromatic carbocycles. The molecule has 0 unspecified atom stereocenters. The minimum atomic E-state index is -0.201. The maximum Gasteiger partial charge on any atom is 0.253 e. The lowest BCUT2D eigenvalue weighted by Gasteiger charge is -2.14. The van der Waals surface area contributed by atoms with Gasteiger partial charge in [-0.15, -0.1) is 0 Å². The number of anilines is 1. The van der Waals surface area contributed by atoms with Crippen LogP contribution in [0.15, 0.2) is 42.5 Å². The molecular formula is C23H28N2O4. The van der Waals surface area contributed by atoms with Gasteiger partial charge in [-0.25, -0.2) is 0 Å². The van der Waals surface area contributed by atoms with Gasteiger partial charge in [-0.2, -0.15) is 0 Å². The van der Waals surface area contributed by atoms with Crippen molar-refractivity contribution in [1.82, 2.24) is 5.32 Å². The van der Waals surface area contributed by atoms with E-state index in [2.05, 4.69) is 10.6 Å². The molecule has 6 nitrogen and oxygen atoms in total. The largest absolute Gasteiger partial charge is 0.493 e. The summed E-state index contributed by atoms with van der Waals surface area (Å²) in [7, 11) is 3.20. The molecule has 0 atom stereocenters. The lowest BCUT2D eigenvalue weighted by Crippen LogP contribution is -2.28. The molecule has 29 heavy (non-hydrogen) atoms. The number of amides is 2. The van der Waals surface area contributed by atoms with Crippen molar-refractivity contribution in [3.05, 3.63) is 53.6 Å². The number of hydrogen-bond donors (Lipinski definition) is 2. The highest BCUT2D eigenvalue weighted by Gasteiger charge is 2.23. The highest BCUT2D eigenvalue weighted by molar-refractivity contribution is 6.04. The zero-order valence-electron chi connectivity index (χ0n) is 17.0. The molecule has 0 bridgehead atoms. The molecule has 1 fully saturated rings. The molecular weight excluding hydrogens is 368 g/mol. The number of methoxy groups -OCH3 is 2. The Balaban J connectivity index is 1.59. The van der Waals surface area contributed by atoms with E-state index < -0.39 is 0 Å². The zero-order chi connectivity index (χ0) is 20.6. The van der Waals surface area contributed by atoms with Gasteiger partial charge >= 0.3 is 0 Å². The van der Waals surface area contributed by atoms with E-state index in [1.54, 1.807) is 32.4 Å². The quantitative estimate of drug-likeness (QED) is 0.711. The Labute approximate surface area is 171 Å². The Morgan fingerprint density at radius 3 is 2.45 bits per heavy atom. The van der Waals surface area contributed by atoms with Gasteiger partial charge in [-0.3, -0.25) is 9.59 Å². The molecule has 0 aliphatic heterocycles. The van der Waals surface area contributed by atoms with Crippen molar-refractivity contribution in [1.29, 1.82) is 0 Å². The fourth-order valence-electron chi connectivity index (χ4n) is 3.66. The van der Waals surface area contributed by atoms with E-state index in [1.165, 1.54) is 0 Å². The second-order valence-corrected chi connectivity index (χ2v) is 7.21. The lowest BCUT2D eigenvalue weighted by molar-refractivity contribution is -0.119. The number of ether oxygens (including phenoxy) is 2. The molecule has 2 N–H and O–H groups in total. The van der Waals surface area contributed by atoms with Gasteiger partial charge in [0, 0.05) is 12.5 Å². The standard InChI is InChI=1S/C23H28N2O4/c1-28-20-12-11-16(15-21(20)29-2)13-14-24-23(27)18-9-5-6-10-19(18)25-22(26)17-7-3-4-8-17/h5-6,9-12,15,17H,3-4,7-8,13-14H2,1-2H3,(H,24,27)(H,25,26). The van der Waals surface area contributed by atoms with Crippen molar-refractivity contribution >= 4 is 17.5 Å². The summed E-state index contributed by atoms with van der Waals surface area (Å²) in [5.41, 5.74) is 2.07. The SMILES string of the molecule is COc1ccc(CCNC(=O)c2ccccc2NC(=O)C2CCCC2)cc1OC. The van der Waals surface area contributed by atoms with E-state index >= 15 is 0 Å². The zero-order valence-corrected chi connectivity index (χ0v) is 17.0. The number of rotatable bonds is 8. The molecule has 0 spiro atoms. The molecule has 6 heteroatoms. The summed E-state index contributed by atoms with van der Waals surface area (Å²) < 4.78 is 10.6. The maximum absolute atomic E-state index is 12.7. The van der Waals surface area contributed by atoms with E-state index in [1.807, 2.05) is 24.3 Å². The van der Waals surface area contributed by atoms with Gasteiger partial charge in [-0.1, -0.05) is 31.0 Å². The number of hydrogen-bond acceptors (Lipinski definition) is 4. The van der Waals surface area contributed by atoms with E-state index in [-0.39, 0.29) is 17.7 Å². The lowest BCUT2D eigenvalue weighted by atomic mass is 10.1. The molecule has 154 valence electrons. The van der Waals surface area contributed by atoms with Crippen molar-refractivity contribution < 1.29 is 19.1 Å². The third kappa shape index (κ3) is 5.28. The average molecular weight is 396 g/mol. The van der Waals surface area contributed by atoms with Gasteiger partial charge in [-0.05, 0) is 49.1 Å². The molecule has 0 saturated heterocycles. The Hall–Kier alpha value is -3.02. The predicted octanol–water partition coefficient (Wildman–Crippen LogP) is 3.81. The summed E-state index contributed by atoms with van der Waals surface area (Å²) in [5, 5.41) is 5.87. The van der Waals surface area contributed by atoms with E-state index in [0.29, 0.717) is 35.7 Å². The van der Waals surface area contributed by atoms with Crippen LogP contribution in [0.2, 0.25) is 0 Å². The van der Waals surface area contributed by atoms with Crippen LogP contribution in [0.3, 0.4) is 0 Å². The number of benzene rings is 2. The molecule has 1 saturated carbocycles. The molecule has 2 aromatic rings. The molecule has 0 radical (unpaired) electrons. The first-order valence-corrected chi connectivity index (χ1v) is 10.0. The minimum absolute atomic E-state index is 0.00748. The van der Waals surface area contributed by atoms with Crippen LogP contribution in [-0.2, 0) is 11.2 Å². The fourth-order valence-corrected chi connectivity index (χ4v) is 3.66. The summed E-state index contributed by atoms with van der Waals surface area (Å²) in [6, 6.07) is 12.8. The first kappa shape index (κ1) is 20.7. The number of carbonyl (C=O) groups excluding carboxylic acids is 2. The smallest absolute Gasteiger partial charge is 0.253 e. The average Bonchev–Trinajstić information content (AvgIpc) is 3.29. The van der Waals surface area contributed by atoms with Crippen LogP contribution in [0.5, 0.6) is 11.5 Å². The molecule has 2 amide bonds. The molecule has 1 aliphatic rings. The van der Waals surface area contributed by atoms with Crippen LogP contribution in [0, 0.1) is 5.92 Å². The van der Waals surface area contributed by atoms with Crippen LogP contribution in [-0.4, -0.2) is 32.6 Å². The Bertz CT molecular complexity index is 860. The third-order valence-electron chi connectivity index (χ3n) is 5.30. The summed E-state index contributed by atoms with van der Waals surface area (Å²) >= 11 is 0. The van der Waals surface area contributed by atoms with Gasteiger partial charge in [0.15, 0.2) is 11.5 Å². The second-order valence-electron chi connectivity index (χ2n) is 7.21. The summed E-state index contributed by atoms with van der Waals surface area (Å²) in [5.74, 6) is 1.19. The minimum Gasteiger partial charge on any atom is -0.493 e. The van der Waals surface area contributed by atoms with Crippen LogP contribution < -0.4 is 20.1 Å². The highest BCUT2D eigenvalue weighted by atomic mass is 16.5. The van der Waals surface area contributed by atoms with Gasteiger partial charge in [0.25, 0.3) is 5.91 Å². The van der Waals surface area contributed by atoms with Crippen molar-refractivity contribution in [2.24, 2.45) is 5.92 Å². The van der Waals surface area contributed by atoms with Crippen molar-refractivity contribution in [3.8, 4) is 11.5 Å². The Morgan fingerprint density at radius 1 is 1.00 bits per heavy atom. The van der Waals surface area contributed by atoms with Gasteiger partial charge in [0.05, 0.1) is 25.5 Å². The van der Waals surface area contributed by atoms with Gasteiger partial charge in [0.1, 0.15) is 0 Å². The second kappa shape index (κ2) is 9.96. The number of nitrogens with one attached hydrogen (secondary N) is 2.